The molecular weight excluding hydrogens is 410 g/mol. The van der Waals surface area contributed by atoms with E-state index in [0.29, 0.717) is 19.6 Å². The molecule has 0 aromatic heterocycles. The Morgan fingerprint density at radius 1 is 1.06 bits per heavy atom. The predicted octanol–water partition coefficient (Wildman–Crippen LogP) is 5.66. The van der Waals surface area contributed by atoms with Gasteiger partial charge in [-0.2, -0.15) is 0 Å². The van der Waals surface area contributed by atoms with E-state index in [1.165, 1.54) is 12.0 Å². The number of nitrogens with zero attached hydrogens (tertiary/aromatic N) is 1. The van der Waals surface area contributed by atoms with E-state index in [1.54, 1.807) is 7.11 Å². The molecule has 31 heavy (non-hydrogen) atoms. The molecule has 1 unspecified atom stereocenters. The highest BCUT2D eigenvalue weighted by Gasteiger charge is 2.20. The van der Waals surface area contributed by atoms with Gasteiger partial charge in [0.15, 0.2) is 0 Å². The van der Waals surface area contributed by atoms with Crippen LogP contribution in [0, 0.1) is 0 Å². The Morgan fingerprint density at radius 2 is 1.74 bits per heavy atom. The third kappa shape index (κ3) is 9.76. The number of hydrogen-bond donors (Lipinski definition) is 0. The van der Waals surface area contributed by atoms with Crippen LogP contribution in [-0.2, 0) is 20.3 Å². The number of likely N-dealkylation sites (N-methyl/N-ethyl adjacent to an activating group) is 1. The fraction of sp³-hybridized carbons (Fsp3) is 0.480. The summed E-state index contributed by atoms with van der Waals surface area (Å²) in [5, 5.41) is 0.131. The molecule has 170 valence electrons. The van der Waals surface area contributed by atoms with Gasteiger partial charge in [0.1, 0.15) is 18.0 Å². The van der Waals surface area contributed by atoms with E-state index in [0.717, 1.165) is 30.0 Å². The average Bonchev–Trinajstić information content (AvgIpc) is 2.74. The standard InChI is InChI=1S/C25H35NO4S/c1-6-26(17-16-24(27)30-25(2,3)4)18-23(31-28-5)21-12-14-22(15-13-21)29-19-20-10-8-7-9-11-20/h7-15,23H,6,16-19H2,1-5H3. The number of rotatable bonds is 12. The highest BCUT2D eigenvalue weighted by Crippen LogP contribution is 2.31. The van der Waals surface area contributed by atoms with Crippen LogP contribution >= 0.6 is 12.0 Å². The van der Waals surface area contributed by atoms with Crippen molar-refractivity contribution >= 4 is 18.0 Å². The lowest BCUT2D eigenvalue weighted by atomic mass is 10.1. The van der Waals surface area contributed by atoms with Crippen molar-refractivity contribution in [1.29, 1.82) is 0 Å². The highest BCUT2D eigenvalue weighted by atomic mass is 32.2. The summed E-state index contributed by atoms with van der Waals surface area (Å²) in [6.07, 6.45) is 0.377. The first-order valence-electron chi connectivity index (χ1n) is 10.7. The van der Waals surface area contributed by atoms with E-state index in [1.807, 2.05) is 51.1 Å². The maximum Gasteiger partial charge on any atom is 0.307 e. The number of benzene rings is 2. The van der Waals surface area contributed by atoms with Gasteiger partial charge in [0.25, 0.3) is 0 Å². The quantitative estimate of drug-likeness (QED) is 0.311. The van der Waals surface area contributed by atoms with Gasteiger partial charge in [-0.15, -0.1) is 0 Å². The maximum atomic E-state index is 12.1. The van der Waals surface area contributed by atoms with Crippen molar-refractivity contribution in [2.45, 2.75) is 51.6 Å². The third-order valence-electron chi connectivity index (χ3n) is 4.64. The minimum Gasteiger partial charge on any atom is -0.489 e. The van der Waals surface area contributed by atoms with Crippen molar-refractivity contribution in [2.75, 3.05) is 26.7 Å². The largest absolute Gasteiger partial charge is 0.489 e. The normalized spacial score (nSPS) is 12.6. The number of ether oxygens (including phenoxy) is 2. The molecule has 0 saturated heterocycles. The first-order valence-corrected chi connectivity index (χ1v) is 11.5. The lowest BCUT2D eigenvalue weighted by molar-refractivity contribution is -0.155. The monoisotopic (exact) mass is 445 g/mol. The molecule has 0 amide bonds. The Kier molecular flexibility index (Phi) is 10.4. The number of carbonyl (C=O) groups is 1. The van der Waals surface area contributed by atoms with Gasteiger partial charge in [-0.05, 0) is 50.6 Å². The van der Waals surface area contributed by atoms with E-state index < -0.39 is 5.60 Å². The second kappa shape index (κ2) is 12.7. The zero-order valence-corrected chi connectivity index (χ0v) is 20.1. The van der Waals surface area contributed by atoms with Crippen molar-refractivity contribution in [3.05, 3.63) is 65.7 Å². The van der Waals surface area contributed by atoms with Crippen LogP contribution in [0.15, 0.2) is 54.6 Å². The van der Waals surface area contributed by atoms with Crippen LogP contribution in [0.5, 0.6) is 5.75 Å². The van der Waals surface area contributed by atoms with Crippen LogP contribution in [-0.4, -0.2) is 43.2 Å². The molecule has 2 aromatic rings. The van der Waals surface area contributed by atoms with Crippen LogP contribution < -0.4 is 4.74 Å². The van der Waals surface area contributed by atoms with Gasteiger partial charge < -0.3 is 18.6 Å². The lowest BCUT2D eigenvalue weighted by Gasteiger charge is -2.26. The van der Waals surface area contributed by atoms with E-state index >= 15 is 0 Å². The van der Waals surface area contributed by atoms with E-state index in [-0.39, 0.29) is 11.2 Å². The van der Waals surface area contributed by atoms with Gasteiger partial charge in [0, 0.05) is 25.1 Å². The first kappa shape index (κ1) is 25.2. The molecule has 6 heteroatoms. The van der Waals surface area contributed by atoms with E-state index in [9.17, 15) is 4.79 Å². The highest BCUT2D eigenvalue weighted by molar-refractivity contribution is 7.94. The molecule has 0 heterocycles. The SMILES string of the molecule is CCN(CCC(=O)OC(C)(C)C)CC(SOC)c1ccc(OCc2ccccc2)cc1. The molecule has 0 aliphatic rings. The Labute approximate surface area is 191 Å². The summed E-state index contributed by atoms with van der Waals surface area (Å²) in [4.78, 5) is 14.3. The minimum atomic E-state index is -0.451. The molecule has 0 N–H and O–H groups in total. The summed E-state index contributed by atoms with van der Waals surface area (Å²) < 4.78 is 16.7. The lowest BCUT2D eigenvalue weighted by Crippen LogP contribution is -2.32. The zero-order valence-electron chi connectivity index (χ0n) is 19.3. The Hall–Kier alpha value is -2.02. The molecule has 1 atom stereocenters. The van der Waals surface area contributed by atoms with Crippen LogP contribution in [0.1, 0.15) is 50.5 Å². The molecule has 2 aromatic carbocycles. The van der Waals surface area contributed by atoms with Crippen molar-refractivity contribution in [2.24, 2.45) is 0 Å². The van der Waals surface area contributed by atoms with Gasteiger partial charge in [0.2, 0.25) is 0 Å². The summed E-state index contributed by atoms with van der Waals surface area (Å²) >= 11 is 1.43. The van der Waals surface area contributed by atoms with Crippen LogP contribution in [0.2, 0.25) is 0 Å². The Morgan fingerprint density at radius 3 is 2.32 bits per heavy atom. The van der Waals surface area contributed by atoms with E-state index in [4.69, 9.17) is 13.7 Å². The van der Waals surface area contributed by atoms with Gasteiger partial charge in [0.05, 0.1) is 18.8 Å². The van der Waals surface area contributed by atoms with Gasteiger partial charge >= 0.3 is 5.97 Å². The fourth-order valence-electron chi connectivity index (χ4n) is 3.08. The minimum absolute atomic E-state index is 0.131. The topological polar surface area (TPSA) is 48.0 Å². The van der Waals surface area contributed by atoms with Crippen LogP contribution in [0.3, 0.4) is 0 Å². The van der Waals surface area contributed by atoms with Gasteiger partial charge in [-0.25, -0.2) is 0 Å². The molecule has 0 aliphatic heterocycles. The van der Waals surface area contributed by atoms with Crippen LogP contribution in [0.4, 0.5) is 0 Å². The molecule has 0 bridgehead atoms. The second-order valence-corrected chi connectivity index (χ2v) is 9.42. The summed E-state index contributed by atoms with van der Waals surface area (Å²) in [5.74, 6) is 0.674. The predicted molar refractivity (Wildman–Crippen MR) is 127 cm³/mol. The van der Waals surface area contributed by atoms with Crippen molar-refractivity contribution in [1.82, 2.24) is 4.90 Å². The van der Waals surface area contributed by atoms with Crippen molar-refractivity contribution in [3.8, 4) is 5.75 Å². The third-order valence-corrected chi connectivity index (χ3v) is 5.48. The molecule has 2 rings (SSSR count). The smallest absolute Gasteiger partial charge is 0.307 e. The maximum absolute atomic E-state index is 12.1. The molecule has 0 spiro atoms. The summed E-state index contributed by atoms with van der Waals surface area (Å²) in [7, 11) is 1.69. The summed E-state index contributed by atoms with van der Waals surface area (Å²) in [5.41, 5.74) is 1.85. The summed E-state index contributed by atoms with van der Waals surface area (Å²) in [6, 6.07) is 18.3. The molecule has 0 aliphatic carbocycles. The Balaban J connectivity index is 1.92. The average molecular weight is 446 g/mol. The van der Waals surface area contributed by atoms with Gasteiger partial charge in [-0.1, -0.05) is 49.4 Å². The zero-order chi connectivity index (χ0) is 22.7. The Bertz CT molecular complexity index is 774. The van der Waals surface area contributed by atoms with Crippen molar-refractivity contribution in [3.63, 3.8) is 0 Å². The molecule has 0 saturated carbocycles. The van der Waals surface area contributed by atoms with E-state index in [2.05, 4.69) is 36.1 Å². The fourth-order valence-corrected chi connectivity index (χ4v) is 3.85. The number of esters is 1. The van der Waals surface area contributed by atoms with Gasteiger partial charge in [-0.3, -0.25) is 4.79 Å². The molecule has 5 nitrogen and oxygen atoms in total. The van der Waals surface area contributed by atoms with Crippen molar-refractivity contribution < 1.29 is 18.5 Å². The first-order chi connectivity index (χ1) is 14.8. The molecule has 0 radical (unpaired) electrons. The molecule has 0 fully saturated rings. The molecular formula is C25H35NO4S. The van der Waals surface area contributed by atoms with Crippen LogP contribution in [0.25, 0.3) is 0 Å². The second-order valence-electron chi connectivity index (χ2n) is 8.32. The number of hydrogen-bond acceptors (Lipinski definition) is 6. The number of carbonyl (C=O) groups excluding carboxylic acids is 1. The summed E-state index contributed by atoms with van der Waals surface area (Å²) in [6.45, 7) is 10.6.